The number of benzene rings is 1. The first-order valence-corrected chi connectivity index (χ1v) is 9.07. The first kappa shape index (κ1) is 15.7. The van der Waals surface area contributed by atoms with Crippen molar-refractivity contribution in [2.75, 3.05) is 39.8 Å². The molecule has 0 radical (unpaired) electrons. The zero-order valence-corrected chi connectivity index (χ0v) is 14.4. The van der Waals surface area contributed by atoms with Crippen LogP contribution in [0.3, 0.4) is 0 Å². The van der Waals surface area contributed by atoms with E-state index in [1.54, 1.807) is 7.11 Å². The van der Waals surface area contributed by atoms with Gasteiger partial charge in [0.05, 0.1) is 7.11 Å². The van der Waals surface area contributed by atoms with E-state index < -0.39 is 0 Å². The summed E-state index contributed by atoms with van der Waals surface area (Å²) in [4.78, 5) is 17.1. The summed E-state index contributed by atoms with van der Waals surface area (Å²) in [6, 6.07) is 7.42. The number of fused-ring (bicyclic) bond motifs is 2. The zero-order valence-electron chi connectivity index (χ0n) is 14.4. The second-order valence-electron chi connectivity index (χ2n) is 7.36. The Balaban J connectivity index is 1.29. The van der Waals surface area contributed by atoms with Gasteiger partial charge in [0.25, 0.3) is 5.91 Å². The molecule has 0 aromatic heterocycles. The van der Waals surface area contributed by atoms with Crippen LogP contribution in [0.1, 0.15) is 23.2 Å². The van der Waals surface area contributed by atoms with E-state index >= 15 is 0 Å². The molecule has 0 spiro atoms. The quantitative estimate of drug-likeness (QED) is 0.798. The zero-order chi connectivity index (χ0) is 16.5. The van der Waals surface area contributed by atoms with E-state index in [0.29, 0.717) is 0 Å². The summed E-state index contributed by atoms with van der Waals surface area (Å²) in [5, 5.41) is 0. The number of piperazine rings is 1. The number of ether oxygens (including phenoxy) is 1. The number of carbonyl (C=O) groups excluding carboxylic acids is 1. The topological polar surface area (TPSA) is 32.8 Å². The molecule has 2 fully saturated rings. The van der Waals surface area contributed by atoms with Crippen LogP contribution in [0, 0.1) is 17.8 Å². The lowest BCUT2D eigenvalue weighted by molar-refractivity contribution is 0.0610. The fourth-order valence-corrected chi connectivity index (χ4v) is 4.49. The monoisotopic (exact) mass is 326 g/mol. The fraction of sp³-hybridized carbons (Fsp3) is 0.550. The maximum Gasteiger partial charge on any atom is 0.253 e. The highest BCUT2D eigenvalue weighted by Crippen LogP contribution is 2.43. The molecule has 4 nitrogen and oxygen atoms in total. The molecule has 1 aromatic carbocycles. The molecule has 1 saturated heterocycles. The van der Waals surface area contributed by atoms with Gasteiger partial charge in [-0.05, 0) is 54.9 Å². The van der Waals surface area contributed by atoms with Crippen molar-refractivity contribution in [2.24, 2.45) is 17.8 Å². The second kappa shape index (κ2) is 6.60. The van der Waals surface area contributed by atoms with Gasteiger partial charge < -0.3 is 9.64 Å². The SMILES string of the molecule is COc1ccc(C(=O)N2CCN(C[C@H]3C[C@@H]4C=C[C@@H]3C4)CC2)cc1. The first-order chi connectivity index (χ1) is 11.7. The Labute approximate surface area is 144 Å². The Kier molecular flexibility index (Phi) is 4.31. The third kappa shape index (κ3) is 3.07. The minimum atomic E-state index is 0.139. The normalized spacial score (nSPS) is 29.2. The van der Waals surface area contributed by atoms with Crippen molar-refractivity contribution < 1.29 is 9.53 Å². The standard InChI is InChI=1S/C20H26N2O2/c1-24-19-6-4-16(5-7-19)20(23)22-10-8-21(9-11-22)14-18-13-15-2-3-17(18)12-15/h2-7,15,17-18H,8-14H2,1H3/t15-,17-,18-/m1/s1. The Morgan fingerprint density at radius 3 is 2.42 bits per heavy atom. The number of amides is 1. The van der Waals surface area contributed by atoms with Gasteiger partial charge in [0.2, 0.25) is 0 Å². The van der Waals surface area contributed by atoms with Gasteiger partial charge in [0.1, 0.15) is 5.75 Å². The molecule has 4 rings (SSSR count). The molecule has 2 bridgehead atoms. The molecule has 1 amide bonds. The molecule has 4 heteroatoms. The van der Waals surface area contributed by atoms with Crippen molar-refractivity contribution >= 4 is 5.91 Å². The van der Waals surface area contributed by atoms with Crippen molar-refractivity contribution in [1.82, 2.24) is 9.80 Å². The maximum absolute atomic E-state index is 12.6. The summed E-state index contributed by atoms with van der Waals surface area (Å²) < 4.78 is 5.16. The summed E-state index contributed by atoms with van der Waals surface area (Å²) >= 11 is 0. The first-order valence-electron chi connectivity index (χ1n) is 9.07. The lowest BCUT2D eigenvalue weighted by atomic mass is 9.93. The minimum Gasteiger partial charge on any atom is -0.497 e. The number of allylic oxidation sites excluding steroid dienone is 2. The number of carbonyl (C=O) groups is 1. The molecule has 128 valence electrons. The van der Waals surface area contributed by atoms with Crippen molar-refractivity contribution in [3.8, 4) is 5.75 Å². The number of hydrogen-bond acceptors (Lipinski definition) is 3. The molecule has 0 unspecified atom stereocenters. The van der Waals surface area contributed by atoms with Crippen LogP contribution in [-0.4, -0.2) is 55.5 Å². The van der Waals surface area contributed by atoms with E-state index in [4.69, 9.17) is 4.74 Å². The predicted molar refractivity (Wildman–Crippen MR) is 94.2 cm³/mol. The van der Waals surface area contributed by atoms with Gasteiger partial charge in [-0.15, -0.1) is 0 Å². The molecule has 0 N–H and O–H groups in total. The van der Waals surface area contributed by atoms with E-state index in [2.05, 4.69) is 17.1 Å². The van der Waals surface area contributed by atoms with Crippen LogP contribution in [0.5, 0.6) is 5.75 Å². The van der Waals surface area contributed by atoms with Crippen molar-refractivity contribution in [3.63, 3.8) is 0 Å². The number of nitrogens with zero attached hydrogens (tertiary/aromatic N) is 2. The van der Waals surface area contributed by atoms with Crippen LogP contribution in [0.15, 0.2) is 36.4 Å². The Morgan fingerprint density at radius 2 is 1.83 bits per heavy atom. The third-order valence-corrected chi connectivity index (χ3v) is 5.91. The van der Waals surface area contributed by atoms with E-state index in [1.165, 1.54) is 19.4 Å². The third-order valence-electron chi connectivity index (χ3n) is 5.91. The molecule has 2 aliphatic carbocycles. The average molecular weight is 326 g/mol. The molecule has 24 heavy (non-hydrogen) atoms. The van der Waals surface area contributed by atoms with E-state index in [1.807, 2.05) is 29.2 Å². The summed E-state index contributed by atoms with van der Waals surface area (Å²) in [6.07, 6.45) is 7.58. The Hall–Kier alpha value is -1.81. The van der Waals surface area contributed by atoms with Crippen LogP contribution in [-0.2, 0) is 0 Å². The van der Waals surface area contributed by atoms with Crippen LogP contribution in [0.4, 0.5) is 0 Å². The minimum absolute atomic E-state index is 0.139. The van der Waals surface area contributed by atoms with E-state index in [-0.39, 0.29) is 5.91 Å². The number of rotatable bonds is 4. The second-order valence-corrected chi connectivity index (χ2v) is 7.36. The van der Waals surface area contributed by atoms with Crippen molar-refractivity contribution in [3.05, 3.63) is 42.0 Å². The fourth-order valence-electron chi connectivity index (χ4n) is 4.49. The average Bonchev–Trinajstić information content (AvgIpc) is 3.25. The van der Waals surface area contributed by atoms with Crippen LogP contribution in [0.2, 0.25) is 0 Å². The smallest absolute Gasteiger partial charge is 0.253 e. The summed E-state index contributed by atoms with van der Waals surface area (Å²) in [5.74, 6) is 3.42. The van der Waals surface area contributed by atoms with Gasteiger partial charge >= 0.3 is 0 Å². The number of methoxy groups -OCH3 is 1. The lowest BCUT2D eigenvalue weighted by Gasteiger charge is -2.37. The van der Waals surface area contributed by atoms with Gasteiger partial charge in [-0.1, -0.05) is 12.2 Å². The highest BCUT2D eigenvalue weighted by atomic mass is 16.5. The molecule has 3 aliphatic rings. The molecule has 1 aromatic rings. The van der Waals surface area contributed by atoms with Gasteiger partial charge in [-0.2, -0.15) is 0 Å². The summed E-state index contributed by atoms with van der Waals surface area (Å²) in [5.41, 5.74) is 0.752. The largest absolute Gasteiger partial charge is 0.497 e. The Bertz CT molecular complexity index is 617. The van der Waals surface area contributed by atoms with E-state index in [0.717, 1.165) is 55.2 Å². The number of hydrogen-bond donors (Lipinski definition) is 0. The van der Waals surface area contributed by atoms with E-state index in [9.17, 15) is 4.79 Å². The van der Waals surface area contributed by atoms with Gasteiger partial charge in [0, 0.05) is 38.3 Å². The summed E-state index contributed by atoms with van der Waals surface area (Å²) in [7, 11) is 1.64. The predicted octanol–water partition coefficient (Wildman–Crippen LogP) is 2.67. The molecule has 1 aliphatic heterocycles. The maximum atomic E-state index is 12.6. The molecular formula is C20H26N2O2. The van der Waals surface area contributed by atoms with Crippen LogP contribution in [0.25, 0.3) is 0 Å². The molecule has 3 atom stereocenters. The van der Waals surface area contributed by atoms with Gasteiger partial charge in [-0.25, -0.2) is 0 Å². The molecular weight excluding hydrogens is 300 g/mol. The van der Waals surface area contributed by atoms with Crippen LogP contribution < -0.4 is 4.74 Å². The van der Waals surface area contributed by atoms with Crippen molar-refractivity contribution in [1.29, 1.82) is 0 Å². The summed E-state index contributed by atoms with van der Waals surface area (Å²) in [6.45, 7) is 4.87. The highest BCUT2D eigenvalue weighted by molar-refractivity contribution is 5.94. The van der Waals surface area contributed by atoms with Crippen LogP contribution >= 0.6 is 0 Å². The van der Waals surface area contributed by atoms with Gasteiger partial charge in [0.15, 0.2) is 0 Å². The van der Waals surface area contributed by atoms with Crippen molar-refractivity contribution in [2.45, 2.75) is 12.8 Å². The van der Waals surface area contributed by atoms with Gasteiger partial charge in [-0.3, -0.25) is 9.69 Å². The highest BCUT2D eigenvalue weighted by Gasteiger charge is 2.36. The lowest BCUT2D eigenvalue weighted by Crippen LogP contribution is -2.50. The molecule has 1 heterocycles. The molecule has 1 saturated carbocycles. The Morgan fingerprint density at radius 1 is 1.08 bits per heavy atom.